The largest absolute Gasteiger partial charge is 0.392 e. The summed E-state index contributed by atoms with van der Waals surface area (Å²) in [5, 5.41) is 21.8. The van der Waals surface area contributed by atoms with Crippen LogP contribution in [0, 0.1) is 6.92 Å². The summed E-state index contributed by atoms with van der Waals surface area (Å²) in [5.41, 5.74) is 6.42. The van der Waals surface area contributed by atoms with Crippen molar-refractivity contribution >= 4 is 29.0 Å². The number of thioether (sulfide) groups is 1. The van der Waals surface area contributed by atoms with Crippen LogP contribution in [0.2, 0.25) is 0 Å². The number of amides is 1. The van der Waals surface area contributed by atoms with Gasteiger partial charge in [0.1, 0.15) is 5.01 Å². The third-order valence-corrected chi connectivity index (χ3v) is 9.41. The first kappa shape index (κ1) is 30.1. The maximum absolute atomic E-state index is 12.5. The van der Waals surface area contributed by atoms with E-state index in [9.17, 15) is 9.90 Å². The molecule has 1 aliphatic rings. The van der Waals surface area contributed by atoms with Crippen LogP contribution in [-0.4, -0.2) is 38.1 Å². The van der Waals surface area contributed by atoms with Crippen molar-refractivity contribution in [3.05, 3.63) is 130 Å². The van der Waals surface area contributed by atoms with E-state index in [1.54, 1.807) is 47.6 Å². The first-order valence-electron chi connectivity index (χ1n) is 14.3. The van der Waals surface area contributed by atoms with Crippen LogP contribution in [0.3, 0.4) is 0 Å². The Balaban J connectivity index is 1.19. The third kappa shape index (κ3) is 7.58. The van der Waals surface area contributed by atoms with Gasteiger partial charge in [-0.2, -0.15) is 0 Å². The molecule has 3 atom stereocenters. The van der Waals surface area contributed by atoms with Crippen molar-refractivity contribution in [1.29, 1.82) is 0 Å². The van der Waals surface area contributed by atoms with Crippen molar-refractivity contribution in [3.8, 4) is 11.1 Å². The van der Waals surface area contributed by atoms with Crippen molar-refractivity contribution < 1.29 is 19.4 Å². The Kier molecular flexibility index (Phi) is 9.74. The molecule has 3 heterocycles. The minimum Gasteiger partial charge on any atom is -0.392 e. The van der Waals surface area contributed by atoms with E-state index in [1.165, 1.54) is 0 Å². The summed E-state index contributed by atoms with van der Waals surface area (Å²) in [6, 6.07) is 27.8. The van der Waals surface area contributed by atoms with Crippen LogP contribution in [0.15, 0.2) is 102 Å². The van der Waals surface area contributed by atoms with Crippen LogP contribution < -0.4 is 5.32 Å². The third-order valence-electron chi connectivity index (χ3n) is 7.31. The molecule has 1 saturated heterocycles. The van der Waals surface area contributed by atoms with Crippen molar-refractivity contribution in [3.63, 3.8) is 0 Å². The fourth-order valence-corrected chi connectivity index (χ4v) is 6.89. The summed E-state index contributed by atoms with van der Waals surface area (Å²) in [6.45, 7) is 2.36. The average Bonchev–Trinajstić information content (AvgIpc) is 3.51. The molecule has 44 heavy (non-hydrogen) atoms. The second-order valence-corrected chi connectivity index (χ2v) is 12.9. The van der Waals surface area contributed by atoms with Crippen molar-refractivity contribution in [2.24, 2.45) is 0 Å². The predicted molar refractivity (Wildman–Crippen MR) is 171 cm³/mol. The van der Waals surface area contributed by atoms with Crippen LogP contribution in [-0.2, 0) is 22.6 Å². The molecule has 6 rings (SSSR count). The molecular formula is C34H32N4O4S2. The van der Waals surface area contributed by atoms with Crippen molar-refractivity contribution in [2.75, 3.05) is 5.75 Å². The zero-order valence-electron chi connectivity index (χ0n) is 24.1. The van der Waals surface area contributed by atoms with Gasteiger partial charge < -0.3 is 19.9 Å². The molecule has 1 aliphatic heterocycles. The van der Waals surface area contributed by atoms with Gasteiger partial charge in [-0.1, -0.05) is 83.8 Å². The van der Waals surface area contributed by atoms with Crippen LogP contribution in [0.1, 0.15) is 56.4 Å². The smallest absolute Gasteiger partial charge is 0.253 e. The van der Waals surface area contributed by atoms with E-state index in [1.807, 2.05) is 55.5 Å². The SMILES string of the molecule is Cc1nnc(SC[C@H]2C[C@@H](c3ccc(CO)cc3)O[C@@H](c3cccc(-c4cccc(CNC(=O)c5cccnc5)c4)c3)O2)s1. The number of aryl methyl sites for hydroxylation is 1. The zero-order chi connectivity index (χ0) is 30.3. The lowest BCUT2D eigenvalue weighted by Gasteiger charge is -2.36. The molecule has 2 aromatic heterocycles. The van der Waals surface area contributed by atoms with Crippen molar-refractivity contribution in [2.45, 2.75) is 49.3 Å². The number of nitrogens with zero attached hydrogens (tertiary/aromatic N) is 3. The number of carbonyl (C=O) groups excluding carboxylic acids is 1. The molecule has 10 heteroatoms. The van der Waals surface area contributed by atoms with Gasteiger partial charge in [-0.05, 0) is 59.0 Å². The number of aliphatic hydroxyl groups excluding tert-OH is 1. The van der Waals surface area contributed by atoms with Crippen LogP contribution in [0.25, 0.3) is 11.1 Å². The van der Waals surface area contributed by atoms with E-state index >= 15 is 0 Å². The van der Waals surface area contributed by atoms with Crippen LogP contribution >= 0.6 is 23.1 Å². The van der Waals surface area contributed by atoms with E-state index in [0.717, 1.165) is 48.5 Å². The first-order valence-corrected chi connectivity index (χ1v) is 16.2. The Morgan fingerprint density at radius 2 is 1.77 bits per heavy atom. The normalized spacial score (nSPS) is 18.2. The lowest BCUT2D eigenvalue weighted by atomic mass is 9.99. The molecule has 0 spiro atoms. The fraction of sp³-hybridized carbons (Fsp3) is 0.235. The summed E-state index contributed by atoms with van der Waals surface area (Å²) in [4.78, 5) is 16.5. The zero-order valence-corrected chi connectivity index (χ0v) is 25.8. The Labute approximate surface area is 264 Å². The number of carbonyl (C=O) groups is 1. The fourth-order valence-electron chi connectivity index (χ4n) is 5.03. The monoisotopic (exact) mass is 624 g/mol. The average molecular weight is 625 g/mol. The highest BCUT2D eigenvalue weighted by Gasteiger charge is 2.32. The van der Waals surface area contributed by atoms with Gasteiger partial charge in [-0.25, -0.2) is 0 Å². The number of aliphatic hydroxyl groups is 1. The molecular weight excluding hydrogens is 593 g/mol. The van der Waals surface area contributed by atoms with E-state index in [-0.39, 0.29) is 24.7 Å². The molecule has 224 valence electrons. The highest BCUT2D eigenvalue weighted by molar-refractivity contribution is 8.01. The van der Waals surface area contributed by atoms with Gasteiger partial charge in [0.15, 0.2) is 10.6 Å². The molecule has 3 aromatic carbocycles. The second kappa shape index (κ2) is 14.2. The van der Waals surface area contributed by atoms with Crippen molar-refractivity contribution in [1.82, 2.24) is 20.5 Å². The van der Waals surface area contributed by atoms with Gasteiger partial charge in [0.25, 0.3) is 5.91 Å². The number of ether oxygens (including phenoxy) is 2. The number of benzene rings is 3. The maximum atomic E-state index is 12.5. The minimum atomic E-state index is -0.560. The number of hydrogen-bond donors (Lipinski definition) is 2. The number of hydrogen-bond acceptors (Lipinski definition) is 9. The molecule has 0 unspecified atom stereocenters. The molecule has 1 fully saturated rings. The van der Waals surface area contributed by atoms with E-state index in [0.29, 0.717) is 18.5 Å². The first-order chi connectivity index (χ1) is 21.5. The van der Waals surface area contributed by atoms with E-state index in [2.05, 4.69) is 44.8 Å². The molecule has 8 nitrogen and oxygen atoms in total. The lowest BCUT2D eigenvalue weighted by molar-refractivity contribution is -0.245. The maximum Gasteiger partial charge on any atom is 0.253 e. The van der Waals surface area contributed by atoms with Gasteiger partial charge in [0.2, 0.25) is 0 Å². The van der Waals surface area contributed by atoms with E-state index in [4.69, 9.17) is 9.47 Å². The molecule has 0 bridgehead atoms. The molecule has 0 aliphatic carbocycles. The number of rotatable bonds is 10. The van der Waals surface area contributed by atoms with Gasteiger partial charge in [0, 0.05) is 36.7 Å². The highest BCUT2D eigenvalue weighted by Crippen LogP contribution is 2.40. The number of aromatic nitrogens is 3. The molecule has 0 radical (unpaired) electrons. The Morgan fingerprint density at radius 1 is 0.955 bits per heavy atom. The van der Waals surface area contributed by atoms with Crippen LogP contribution in [0.4, 0.5) is 0 Å². The topological polar surface area (TPSA) is 106 Å². The lowest BCUT2D eigenvalue weighted by Crippen LogP contribution is -2.31. The number of nitrogens with one attached hydrogen (secondary N) is 1. The molecule has 5 aromatic rings. The second-order valence-electron chi connectivity index (χ2n) is 10.5. The summed E-state index contributed by atoms with van der Waals surface area (Å²) in [5.74, 6) is 0.568. The minimum absolute atomic E-state index is 0.00292. The summed E-state index contributed by atoms with van der Waals surface area (Å²) >= 11 is 3.24. The van der Waals surface area contributed by atoms with Gasteiger partial charge in [-0.15, -0.1) is 10.2 Å². The van der Waals surface area contributed by atoms with Crippen LogP contribution in [0.5, 0.6) is 0 Å². The Morgan fingerprint density at radius 3 is 2.52 bits per heavy atom. The highest BCUT2D eigenvalue weighted by atomic mass is 32.2. The summed E-state index contributed by atoms with van der Waals surface area (Å²) < 4.78 is 14.0. The quantitative estimate of drug-likeness (QED) is 0.166. The molecule has 2 N–H and O–H groups in total. The van der Waals surface area contributed by atoms with Gasteiger partial charge >= 0.3 is 0 Å². The summed E-state index contributed by atoms with van der Waals surface area (Å²) in [6.07, 6.45) is 3.11. The summed E-state index contributed by atoms with van der Waals surface area (Å²) in [7, 11) is 0. The Hall–Kier alpha value is -3.93. The van der Waals surface area contributed by atoms with E-state index < -0.39 is 6.29 Å². The predicted octanol–water partition coefficient (Wildman–Crippen LogP) is 6.67. The molecule has 0 saturated carbocycles. The Bertz CT molecular complexity index is 1700. The van der Waals surface area contributed by atoms with Gasteiger partial charge in [-0.3, -0.25) is 9.78 Å². The van der Waals surface area contributed by atoms with Gasteiger partial charge in [0.05, 0.1) is 24.4 Å². The molecule has 1 amide bonds. The standard InChI is InChI=1S/C34H32N4O4S2/c1-22-37-38-34(44-22)43-21-30-17-31(25-12-10-23(20-39)11-13-25)42-33(41-30)28-8-3-7-27(16-28)26-6-2-5-24(15-26)18-36-32(40)29-9-4-14-35-19-29/h2-16,19,30-31,33,39H,17-18,20-21H2,1H3,(H,36,40)/t30-,31+,33+/m1/s1. The number of pyridine rings is 1.